The molecule has 0 aliphatic carbocycles. The molecule has 53 heavy (non-hydrogen) atoms. The summed E-state index contributed by atoms with van der Waals surface area (Å²) in [5.41, 5.74) is 3.28. The molecule has 17 heteroatoms. The summed E-state index contributed by atoms with van der Waals surface area (Å²) in [6, 6.07) is 17.7. The van der Waals surface area contributed by atoms with Crippen LogP contribution in [0.2, 0.25) is 0 Å². The van der Waals surface area contributed by atoms with Crippen LogP contribution < -0.4 is 26.8 Å². The minimum atomic E-state index is -0.503. The molecule has 0 saturated heterocycles. The Morgan fingerprint density at radius 3 is 1.92 bits per heavy atom. The average Bonchev–Trinajstić information content (AvgIpc) is 3.99. The number of nitrogens with zero attached hydrogens (tertiary/aromatic N) is 3. The Morgan fingerprint density at radius 1 is 0.698 bits per heavy atom. The van der Waals surface area contributed by atoms with E-state index in [2.05, 4.69) is 51.6 Å². The first-order chi connectivity index (χ1) is 25.7. The molecule has 0 radical (unpaired) electrons. The molecule has 4 amide bonds. The molecule has 0 atom stereocenters. The Balaban J connectivity index is 0.906. The summed E-state index contributed by atoms with van der Waals surface area (Å²) >= 11 is 3.03. The lowest BCUT2D eigenvalue weighted by molar-refractivity contribution is 0.0932. The Kier molecular flexibility index (Phi) is 12.0. The van der Waals surface area contributed by atoms with E-state index in [0.717, 1.165) is 20.3 Å². The van der Waals surface area contributed by atoms with Crippen molar-refractivity contribution in [2.45, 2.75) is 26.2 Å². The number of thiophene rings is 2. The van der Waals surface area contributed by atoms with E-state index < -0.39 is 11.5 Å². The van der Waals surface area contributed by atoms with Crippen LogP contribution in [-0.2, 0) is 6.42 Å². The normalized spacial score (nSPS) is 10.9. The van der Waals surface area contributed by atoms with Crippen molar-refractivity contribution in [3.05, 3.63) is 121 Å². The van der Waals surface area contributed by atoms with Crippen molar-refractivity contribution in [2.24, 2.45) is 0 Å². The van der Waals surface area contributed by atoms with Gasteiger partial charge in [-0.05, 0) is 79.7 Å². The third-order valence-corrected chi connectivity index (χ3v) is 10.0. The minimum Gasteiger partial charge on any atom is -0.352 e. The van der Waals surface area contributed by atoms with E-state index in [1.165, 1.54) is 17.4 Å². The molecule has 0 aliphatic rings. The smallest absolute Gasteiger partial charge is 0.271 e. The van der Waals surface area contributed by atoms with Crippen LogP contribution in [0.4, 0.5) is 0 Å². The fourth-order valence-corrected chi connectivity index (χ4v) is 6.93. The predicted octanol–water partition coefficient (Wildman–Crippen LogP) is 3.67. The van der Waals surface area contributed by atoms with Gasteiger partial charge in [-0.15, -0.1) is 22.7 Å². The SMILES string of the molecule is Cc1ncccc1C(=O)NCCCNC(=O)c1cc(-c2ccc(Cc3ccc(C(=O)NCCCNC(=O)c4cc(-c5cccs5)[nH]n4)c(=O)[nH]3)s2)[nH]n1. The van der Waals surface area contributed by atoms with Crippen molar-refractivity contribution < 1.29 is 19.2 Å². The van der Waals surface area contributed by atoms with E-state index in [4.69, 9.17) is 0 Å². The number of carbonyl (C=O) groups is 4. The number of aromatic amines is 3. The van der Waals surface area contributed by atoms with Gasteiger partial charge in [0.15, 0.2) is 11.4 Å². The van der Waals surface area contributed by atoms with E-state index in [-0.39, 0.29) is 41.2 Å². The van der Waals surface area contributed by atoms with E-state index in [1.54, 1.807) is 54.8 Å². The van der Waals surface area contributed by atoms with Gasteiger partial charge < -0.3 is 26.3 Å². The van der Waals surface area contributed by atoms with E-state index in [0.29, 0.717) is 61.5 Å². The highest BCUT2D eigenvalue weighted by Crippen LogP contribution is 2.28. The zero-order valence-electron chi connectivity index (χ0n) is 28.6. The van der Waals surface area contributed by atoms with Crippen molar-refractivity contribution >= 4 is 46.3 Å². The van der Waals surface area contributed by atoms with Crippen molar-refractivity contribution in [1.29, 1.82) is 0 Å². The first-order valence-corrected chi connectivity index (χ1v) is 18.4. The largest absolute Gasteiger partial charge is 0.352 e. The second-order valence-electron chi connectivity index (χ2n) is 11.8. The molecule has 0 unspecified atom stereocenters. The van der Waals surface area contributed by atoms with Crippen LogP contribution >= 0.6 is 22.7 Å². The summed E-state index contributed by atoms with van der Waals surface area (Å²) in [7, 11) is 0. The van der Waals surface area contributed by atoms with E-state index >= 15 is 0 Å². The Morgan fingerprint density at radius 2 is 1.32 bits per heavy atom. The molecule has 0 fully saturated rings. The number of hydrogen-bond acceptors (Lipinski definition) is 10. The molecular formula is C36H36N10O5S2. The van der Waals surface area contributed by atoms with Crippen LogP contribution in [0.1, 0.15) is 70.8 Å². The summed E-state index contributed by atoms with van der Waals surface area (Å²) in [6.45, 7) is 3.12. The van der Waals surface area contributed by atoms with Gasteiger partial charge in [-0.1, -0.05) is 6.07 Å². The number of amides is 4. The topological polar surface area (TPSA) is 220 Å². The lowest BCUT2D eigenvalue weighted by Crippen LogP contribution is -2.33. The molecule has 6 aromatic heterocycles. The van der Waals surface area contributed by atoms with Gasteiger partial charge in [0.25, 0.3) is 29.2 Å². The van der Waals surface area contributed by atoms with E-state index in [9.17, 15) is 24.0 Å². The molecule has 0 bridgehead atoms. The van der Waals surface area contributed by atoms with Gasteiger partial charge in [-0.2, -0.15) is 10.2 Å². The summed E-state index contributed by atoms with van der Waals surface area (Å²) < 4.78 is 0. The second kappa shape index (κ2) is 17.3. The number of aromatic nitrogens is 6. The maximum atomic E-state index is 12.7. The number of hydrogen-bond donors (Lipinski definition) is 7. The third-order valence-electron chi connectivity index (χ3n) is 8.01. The van der Waals surface area contributed by atoms with E-state index in [1.807, 2.05) is 29.6 Å². The predicted molar refractivity (Wildman–Crippen MR) is 201 cm³/mol. The average molecular weight is 753 g/mol. The number of nitrogens with one attached hydrogen (secondary N) is 7. The quantitative estimate of drug-likeness (QED) is 0.0722. The Hall–Kier alpha value is -6.20. The van der Waals surface area contributed by atoms with Gasteiger partial charge in [0.2, 0.25) is 0 Å². The summed E-state index contributed by atoms with van der Waals surface area (Å²) in [5.74, 6) is -1.36. The van der Waals surface area contributed by atoms with Gasteiger partial charge in [0, 0.05) is 55.1 Å². The summed E-state index contributed by atoms with van der Waals surface area (Å²) in [6.07, 6.45) is 3.08. The fourth-order valence-electron chi connectivity index (χ4n) is 5.24. The zero-order valence-corrected chi connectivity index (χ0v) is 30.2. The van der Waals surface area contributed by atoms with Crippen LogP contribution in [0.3, 0.4) is 0 Å². The number of carbonyl (C=O) groups excluding carboxylic acids is 4. The molecule has 0 spiro atoms. The maximum absolute atomic E-state index is 12.7. The molecule has 6 heterocycles. The molecular weight excluding hydrogens is 717 g/mol. The maximum Gasteiger partial charge on any atom is 0.271 e. The first kappa shape index (κ1) is 36.6. The molecule has 6 rings (SSSR count). The van der Waals surface area contributed by atoms with Crippen molar-refractivity contribution in [2.75, 3.05) is 26.2 Å². The Bertz CT molecular complexity index is 2270. The Labute approximate surface area is 311 Å². The number of rotatable bonds is 16. The highest BCUT2D eigenvalue weighted by atomic mass is 32.1. The molecule has 7 N–H and O–H groups in total. The lowest BCUT2D eigenvalue weighted by Gasteiger charge is -2.07. The van der Waals surface area contributed by atoms with Gasteiger partial charge in [-0.25, -0.2) is 0 Å². The molecule has 272 valence electrons. The molecule has 0 aliphatic heterocycles. The number of H-pyrrole nitrogens is 3. The van der Waals surface area contributed by atoms with Crippen molar-refractivity contribution in [3.8, 4) is 21.1 Å². The summed E-state index contributed by atoms with van der Waals surface area (Å²) in [5, 5.41) is 27.1. The van der Waals surface area contributed by atoms with Gasteiger partial charge in [0.1, 0.15) is 5.56 Å². The fraction of sp³-hybridized carbons (Fsp3) is 0.222. The standard InChI is InChI=1S/C36H36N10O5S2/c1-21-24(6-2-12-37-21)32(47)38-13-4-15-41-36(51)29-20-27(44-46-29)31-11-9-23(53-31)18-22-8-10-25(34(49)42-22)33(48)39-14-5-16-40-35(50)28-19-26(43-45-28)30-7-3-17-52-30/h2-3,6-12,17,19-20H,4-5,13-16,18H2,1H3,(H,38,47)(H,39,48)(H,40,50)(H,41,51)(H,42,49)(H,43,45)(H,44,46). The lowest BCUT2D eigenvalue weighted by atomic mass is 10.2. The van der Waals surface area contributed by atoms with Crippen LogP contribution in [-0.4, -0.2) is 80.2 Å². The molecule has 6 aromatic rings. The van der Waals surface area contributed by atoms with Gasteiger partial charge >= 0.3 is 0 Å². The second-order valence-corrected chi connectivity index (χ2v) is 14.0. The number of pyridine rings is 2. The molecule has 15 nitrogen and oxygen atoms in total. The zero-order chi connectivity index (χ0) is 37.2. The van der Waals surface area contributed by atoms with Crippen LogP contribution in [0.5, 0.6) is 0 Å². The highest BCUT2D eigenvalue weighted by Gasteiger charge is 2.16. The third kappa shape index (κ3) is 9.57. The molecule has 0 saturated carbocycles. The van der Waals surface area contributed by atoms with Gasteiger partial charge in [0.05, 0.1) is 26.7 Å². The summed E-state index contributed by atoms with van der Waals surface area (Å²) in [4.78, 5) is 72.5. The molecule has 0 aromatic carbocycles. The highest BCUT2D eigenvalue weighted by molar-refractivity contribution is 7.15. The van der Waals surface area contributed by atoms with Gasteiger partial charge in [-0.3, -0.25) is 39.2 Å². The number of aryl methyl sites for hydroxylation is 1. The van der Waals surface area contributed by atoms with Crippen molar-refractivity contribution in [1.82, 2.24) is 51.6 Å². The van der Waals surface area contributed by atoms with Crippen molar-refractivity contribution in [3.63, 3.8) is 0 Å². The van der Waals surface area contributed by atoms with Crippen LogP contribution in [0.25, 0.3) is 21.1 Å². The minimum absolute atomic E-state index is 0.00452. The van der Waals surface area contributed by atoms with Crippen LogP contribution in [0.15, 0.2) is 77.0 Å². The first-order valence-electron chi connectivity index (χ1n) is 16.8. The monoisotopic (exact) mass is 752 g/mol. The van der Waals surface area contributed by atoms with Crippen LogP contribution in [0, 0.1) is 6.92 Å².